The molecule has 124 valence electrons. The van der Waals surface area contributed by atoms with E-state index in [0.29, 0.717) is 18.4 Å². The van der Waals surface area contributed by atoms with E-state index in [0.717, 1.165) is 25.7 Å². The average Bonchev–Trinajstić information content (AvgIpc) is 3.17. The van der Waals surface area contributed by atoms with Crippen LogP contribution in [0, 0.1) is 17.3 Å². The lowest BCUT2D eigenvalue weighted by Gasteiger charge is -2.35. The first-order valence-corrected chi connectivity index (χ1v) is 8.30. The molecular formula is C17H33NO3. The van der Waals surface area contributed by atoms with Gasteiger partial charge in [0, 0.05) is 12.0 Å². The van der Waals surface area contributed by atoms with Crippen molar-refractivity contribution in [1.82, 2.24) is 5.32 Å². The molecule has 0 aromatic carbocycles. The fourth-order valence-electron chi connectivity index (χ4n) is 3.18. The summed E-state index contributed by atoms with van der Waals surface area (Å²) < 4.78 is 5.30. The Balaban J connectivity index is 2.59. The maximum absolute atomic E-state index is 11.9. The number of hydrogen-bond acceptors (Lipinski definition) is 3. The Bertz CT molecular complexity index is 333. The zero-order valence-electron chi connectivity index (χ0n) is 14.4. The molecule has 0 bridgehead atoms. The predicted octanol–water partition coefficient (Wildman–Crippen LogP) is 3.73. The van der Waals surface area contributed by atoms with Crippen LogP contribution in [0.3, 0.4) is 0 Å². The summed E-state index contributed by atoms with van der Waals surface area (Å²) in [6, 6.07) is 0. The number of ether oxygens (including phenoxy) is 1. The Kier molecular flexibility index (Phi) is 6.51. The quantitative estimate of drug-likeness (QED) is 0.718. The van der Waals surface area contributed by atoms with Crippen molar-refractivity contribution in [2.45, 2.75) is 72.3 Å². The molecule has 0 saturated heterocycles. The Labute approximate surface area is 129 Å². The summed E-state index contributed by atoms with van der Waals surface area (Å²) in [4.78, 5) is 11.9. The van der Waals surface area contributed by atoms with Crippen molar-refractivity contribution < 1.29 is 14.6 Å². The first kappa shape index (κ1) is 18.3. The maximum atomic E-state index is 11.9. The van der Waals surface area contributed by atoms with Gasteiger partial charge in [-0.2, -0.15) is 0 Å². The molecule has 1 fully saturated rings. The second-order valence-electron chi connectivity index (χ2n) is 7.75. The molecule has 1 aliphatic carbocycles. The average molecular weight is 299 g/mol. The van der Waals surface area contributed by atoms with Crippen LogP contribution < -0.4 is 5.32 Å². The fourth-order valence-corrected chi connectivity index (χ4v) is 3.18. The number of aliphatic hydroxyl groups is 1. The summed E-state index contributed by atoms with van der Waals surface area (Å²) in [6.45, 7) is 10.7. The minimum atomic E-state index is -0.485. The standard InChI is InChI=1S/C17H33NO3/c1-6-7-13(2)10-17(12-19,14-8-9-14)11-18-15(20)21-16(3,4)5/h13-14,19H,6-12H2,1-5H3,(H,18,20). The SMILES string of the molecule is CCCC(C)CC(CO)(CNC(=O)OC(C)(C)C)C1CC1. The highest BCUT2D eigenvalue weighted by Crippen LogP contribution is 2.49. The Morgan fingerprint density at radius 2 is 2.00 bits per heavy atom. The van der Waals surface area contributed by atoms with Crippen molar-refractivity contribution in [2.75, 3.05) is 13.2 Å². The second-order valence-corrected chi connectivity index (χ2v) is 7.75. The zero-order valence-corrected chi connectivity index (χ0v) is 14.4. The van der Waals surface area contributed by atoms with Crippen molar-refractivity contribution in [1.29, 1.82) is 0 Å². The number of hydrogen-bond donors (Lipinski definition) is 2. The van der Waals surface area contributed by atoms with Gasteiger partial charge in [-0.1, -0.05) is 26.7 Å². The Morgan fingerprint density at radius 1 is 1.38 bits per heavy atom. The van der Waals surface area contributed by atoms with Gasteiger partial charge in [-0.15, -0.1) is 0 Å². The molecule has 4 nitrogen and oxygen atoms in total. The van der Waals surface area contributed by atoms with E-state index >= 15 is 0 Å². The van der Waals surface area contributed by atoms with Gasteiger partial charge in [-0.25, -0.2) is 4.79 Å². The van der Waals surface area contributed by atoms with Gasteiger partial charge in [0.1, 0.15) is 5.60 Å². The third-order valence-corrected chi connectivity index (χ3v) is 4.28. The van der Waals surface area contributed by atoms with Crippen molar-refractivity contribution in [2.24, 2.45) is 17.3 Å². The van der Waals surface area contributed by atoms with Crippen LogP contribution in [-0.4, -0.2) is 30.0 Å². The number of aliphatic hydroxyl groups excluding tert-OH is 1. The number of nitrogens with one attached hydrogen (secondary N) is 1. The van der Waals surface area contributed by atoms with Crippen LogP contribution in [0.25, 0.3) is 0 Å². The van der Waals surface area contributed by atoms with Crippen LogP contribution in [-0.2, 0) is 4.74 Å². The van der Waals surface area contributed by atoms with Gasteiger partial charge in [-0.3, -0.25) is 0 Å². The molecule has 0 heterocycles. The summed E-state index contributed by atoms with van der Waals surface area (Å²) in [5.74, 6) is 1.11. The van der Waals surface area contributed by atoms with Crippen LogP contribution in [0.15, 0.2) is 0 Å². The van der Waals surface area contributed by atoms with Crippen molar-refractivity contribution >= 4 is 6.09 Å². The molecule has 2 atom stereocenters. The molecule has 21 heavy (non-hydrogen) atoms. The highest BCUT2D eigenvalue weighted by molar-refractivity contribution is 5.67. The zero-order chi connectivity index (χ0) is 16.1. The molecule has 2 N–H and O–H groups in total. The minimum absolute atomic E-state index is 0.140. The molecule has 0 spiro atoms. The van der Waals surface area contributed by atoms with Gasteiger partial charge in [0.2, 0.25) is 0 Å². The van der Waals surface area contributed by atoms with Gasteiger partial charge in [-0.05, 0) is 51.9 Å². The van der Waals surface area contributed by atoms with Gasteiger partial charge < -0.3 is 15.2 Å². The smallest absolute Gasteiger partial charge is 0.407 e. The maximum Gasteiger partial charge on any atom is 0.407 e. The summed E-state index contributed by atoms with van der Waals surface area (Å²) in [5, 5.41) is 12.8. The number of alkyl carbamates (subject to hydrolysis) is 1. The Morgan fingerprint density at radius 3 is 2.43 bits per heavy atom. The van der Waals surface area contributed by atoms with Crippen LogP contribution in [0.5, 0.6) is 0 Å². The molecule has 0 radical (unpaired) electrons. The van der Waals surface area contributed by atoms with E-state index in [-0.39, 0.29) is 18.1 Å². The van der Waals surface area contributed by atoms with Gasteiger partial charge in [0.05, 0.1) is 6.61 Å². The lowest BCUT2D eigenvalue weighted by atomic mass is 9.75. The topological polar surface area (TPSA) is 58.6 Å². The van der Waals surface area contributed by atoms with Gasteiger partial charge >= 0.3 is 6.09 Å². The molecule has 4 heteroatoms. The molecule has 2 unspecified atom stereocenters. The lowest BCUT2D eigenvalue weighted by molar-refractivity contribution is 0.0389. The summed E-state index contributed by atoms with van der Waals surface area (Å²) in [7, 11) is 0. The van der Waals surface area contributed by atoms with E-state index in [1.54, 1.807) is 0 Å². The lowest BCUT2D eigenvalue weighted by Crippen LogP contribution is -2.44. The van der Waals surface area contributed by atoms with E-state index in [4.69, 9.17) is 4.74 Å². The summed E-state index contributed by atoms with van der Waals surface area (Å²) in [6.07, 6.45) is 5.24. The largest absolute Gasteiger partial charge is 0.444 e. The molecule has 1 saturated carbocycles. The molecule has 0 aromatic rings. The van der Waals surface area contributed by atoms with Crippen LogP contribution >= 0.6 is 0 Å². The van der Waals surface area contributed by atoms with E-state index in [2.05, 4.69) is 19.2 Å². The summed E-state index contributed by atoms with van der Waals surface area (Å²) in [5.41, 5.74) is -0.660. The molecular weight excluding hydrogens is 266 g/mol. The van der Waals surface area contributed by atoms with E-state index < -0.39 is 5.60 Å². The normalized spacial score (nSPS) is 19.7. The van der Waals surface area contributed by atoms with Crippen LogP contribution in [0.1, 0.15) is 66.7 Å². The predicted molar refractivity (Wildman–Crippen MR) is 85.2 cm³/mol. The molecule has 0 aromatic heterocycles. The molecule has 1 aliphatic rings. The van der Waals surface area contributed by atoms with Crippen LogP contribution in [0.2, 0.25) is 0 Å². The number of rotatable bonds is 8. The first-order valence-electron chi connectivity index (χ1n) is 8.30. The summed E-state index contributed by atoms with van der Waals surface area (Å²) >= 11 is 0. The Hall–Kier alpha value is -0.770. The van der Waals surface area contributed by atoms with Crippen molar-refractivity contribution in [3.63, 3.8) is 0 Å². The number of amides is 1. The number of carbonyl (C=O) groups excluding carboxylic acids is 1. The second kappa shape index (κ2) is 7.48. The molecule has 0 aliphatic heterocycles. The van der Waals surface area contributed by atoms with Crippen molar-refractivity contribution in [3.05, 3.63) is 0 Å². The first-order chi connectivity index (χ1) is 9.72. The van der Waals surface area contributed by atoms with Gasteiger partial charge in [0.25, 0.3) is 0 Å². The highest BCUT2D eigenvalue weighted by Gasteiger charge is 2.45. The molecule has 1 amide bonds. The third kappa shape index (κ3) is 6.25. The van der Waals surface area contributed by atoms with E-state index in [1.807, 2.05) is 20.8 Å². The van der Waals surface area contributed by atoms with E-state index in [9.17, 15) is 9.90 Å². The van der Waals surface area contributed by atoms with Crippen LogP contribution in [0.4, 0.5) is 4.79 Å². The molecule has 1 rings (SSSR count). The fraction of sp³-hybridized carbons (Fsp3) is 0.941. The monoisotopic (exact) mass is 299 g/mol. The third-order valence-electron chi connectivity index (χ3n) is 4.28. The minimum Gasteiger partial charge on any atom is -0.444 e. The van der Waals surface area contributed by atoms with Crippen molar-refractivity contribution in [3.8, 4) is 0 Å². The van der Waals surface area contributed by atoms with Gasteiger partial charge in [0.15, 0.2) is 0 Å². The number of carbonyl (C=O) groups is 1. The highest BCUT2D eigenvalue weighted by atomic mass is 16.6. The van der Waals surface area contributed by atoms with E-state index in [1.165, 1.54) is 6.42 Å².